The van der Waals surface area contributed by atoms with Gasteiger partial charge in [0, 0.05) is 0 Å². The summed E-state index contributed by atoms with van der Waals surface area (Å²) < 4.78 is 72.2. The number of amides is 1. The third-order valence-corrected chi connectivity index (χ3v) is 5.26. The normalized spacial score (nSPS) is 13.9. The number of hydrogen-bond acceptors (Lipinski definition) is 5. The highest BCUT2D eigenvalue weighted by molar-refractivity contribution is 7.89. The lowest BCUT2D eigenvalue weighted by atomic mass is 10.1. The summed E-state index contributed by atoms with van der Waals surface area (Å²) in [6.07, 6.45) is -6.07. The first-order chi connectivity index (χ1) is 13.5. The number of rotatable bonds is 7. The number of carbonyl (C=O) groups is 2. The molecule has 0 aliphatic heterocycles. The van der Waals surface area contributed by atoms with Crippen molar-refractivity contribution in [3.05, 3.63) is 66.2 Å². The molecule has 2 aromatic rings. The Morgan fingerprint density at radius 1 is 0.966 bits per heavy atom. The van der Waals surface area contributed by atoms with E-state index in [4.69, 9.17) is 0 Å². The molecule has 11 heteroatoms. The average Bonchev–Trinajstić information content (AvgIpc) is 2.67. The van der Waals surface area contributed by atoms with E-state index in [1.165, 1.54) is 40.4 Å². The molecule has 29 heavy (non-hydrogen) atoms. The fourth-order valence-corrected chi connectivity index (χ4v) is 3.70. The van der Waals surface area contributed by atoms with E-state index in [0.717, 1.165) is 12.1 Å². The molecule has 0 unspecified atom stereocenters. The highest BCUT2D eigenvalue weighted by Crippen LogP contribution is 2.31. The lowest BCUT2D eigenvalue weighted by Gasteiger charge is -2.33. The minimum atomic E-state index is -5.55. The van der Waals surface area contributed by atoms with Crippen LogP contribution >= 0.6 is 0 Å². The van der Waals surface area contributed by atoms with Crippen LogP contribution in [-0.2, 0) is 30.8 Å². The Labute approximate surface area is 164 Å². The first-order valence-corrected chi connectivity index (χ1v) is 9.59. The Hall–Kier alpha value is -2.92. The van der Waals surface area contributed by atoms with E-state index in [-0.39, 0.29) is 0 Å². The number of hydrogen-bond donors (Lipinski definition) is 2. The smallest absolute Gasteiger partial charge is 0.437 e. The molecular formula is C18H17F3N2O5S. The number of alkyl halides is 3. The summed E-state index contributed by atoms with van der Waals surface area (Å²) in [5.41, 5.74) is -3.65. The van der Waals surface area contributed by atoms with Gasteiger partial charge in [-0.25, -0.2) is 13.2 Å². The van der Waals surface area contributed by atoms with Crippen molar-refractivity contribution in [3.63, 3.8) is 0 Å². The molecule has 0 fully saturated rings. The topological polar surface area (TPSA) is 102 Å². The third-order valence-electron chi connectivity index (χ3n) is 3.79. The fraction of sp³-hybridized carbons (Fsp3) is 0.222. The van der Waals surface area contributed by atoms with E-state index in [2.05, 4.69) is 4.74 Å². The quantitative estimate of drug-likeness (QED) is 0.515. The monoisotopic (exact) mass is 430 g/mol. The molecule has 0 aromatic heterocycles. The minimum absolute atomic E-state index is 0.358. The standard InChI is InChI=1S/C18H17F3N2O5S/c1-28-16(25)17(18(19,20)21,22-15(24)12-13-8-4-2-5-9-13)23-29(26,27)14-10-6-3-7-11-14/h2-11,23H,12H2,1H3,(H,22,24)/t17-/m1/s1. The van der Waals surface area contributed by atoms with E-state index < -0.39 is 45.1 Å². The first-order valence-electron chi connectivity index (χ1n) is 8.11. The lowest BCUT2D eigenvalue weighted by molar-refractivity contribution is -0.215. The van der Waals surface area contributed by atoms with Gasteiger partial charge in [-0.3, -0.25) is 4.79 Å². The van der Waals surface area contributed by atoms with Crippen LogP contribution in [0.25, 0.3) is 0 Å². The molecule has 2 rings (SSSR count). The van der Waals surface area contributed by atoms with Gasteiger partial charge >= 0.3 is 17.8 Å². The van der Waals surface area contributed by atoms with Crippen LogP contribution in [0.2, 0.25) is 0 Å². The van der Waals surface area contributed by atoms with Gasteiger partial charge in [0.25, 0.3) is 0 Å². The summed E-state index contributed by atoms with van der Waals surface area (Å²) in [4.78, 5) is 23.8. The second-order valence-electron chi connectivity index (χ2n) is 5.87. The van der Waals surface area contributed by atoms with Gasteiger partial charge < -0.3 is 10.1 Å². The van der Waals surface area contributed by atoms with Crippen molar-refractivity contribution >= 4 is 21.9 Å². The Balaban J connectivity index is 2.45. The molecular weight excluding hydrogens is 413 g/mol. The molecule has 0 spiro atoms. The molecule has 1 atom stereocenters. The van der Waals surface area contributed by atoms with Gasteiger partial charge in [-0.15, -0.1) is 0 Å². The highest BCUT2D eigenvalue weighted by atomic mass is 32.2. The summed E-state index contributed by atoms with van der Waals surface area (Å²) in [5, 5.41) is 1.47. The molecule has 2 N–H and O–H groups in total. The molecule has 0 radical (unpaired) electrons. The molecule has 7 nitrogen and oxygen atoms in total. The summed E-state index contributed by atoms with van der Waals surface area (Å²) in [5.74, 6) is -3.28. The van der Waals surface area contributed by atoms with Crippen molar-refractivity contribution in [1.29, 1.82) is 0 Å². The highest BCUT2D eigenvalue weighted by Gasteiger charge is 2.65. The van der Waals surface area contributed by atoms with Crippen molar-refractivity contribution in [3.8, 4) is 0 Å². The SMILES string of the molecule is COC(=O)[C@@](NC(=O)Cc1ccccc1)(NS(=O)(=O)c1ccccc1)C(F)(F)F. The van der Waals surface area contributed by atoms with Gasteiger partial charge in [-0.1, -0.05) is 48.5 Å². The van der Waals surface area contributed by atoms with Gasteiger partial charge in [-0.05, 0) is 17.7 Å². The molecule has 1 amide bonds. The lowest BCUT2D eigenvalue weighted by Crippen LogP contribution is -2.73. The summed E-state index contributed by atoms with van der Waals surface area (Å²) in [6.45, 7) is 0. The minimum Gasteiger partial charge on any atom is -0.466 e. The second-order valence-corrected chi connectivity index (χ2v) is 7.55. The summed E-state index contributed by atoms with van der Waals surface area (Å²) in [6, 6.07) is 13.9. The van der Waals surface area contributed by atoms with Gasteiger partial charge in [0.15, 0.2) is 0 Å². The van der Waals surface area contributed by atoms with Crippen molar-refractivity contribution in [1.82, 2.24) is 10.0 Å². The molecule has 0 aliphatic carbocycles. The van der Waals surface area contributed by atoms with E-state index >= 15 is 0 Å². The second kappa shape index (κ2) is 8.62. The largest absolute Gasteiger partial charge is 0.466 e. The number of ether oxygens (including phenoxy) is 1. The molecule has 156 valence electrons. The predicted octanol–water partition coefficient (Wildman–Crippen LogP) is 1.76. The Bertz CT molecular complexity index is 966. The van der Waals surface area contributed by atoms with Crippen molar-refractivity contribution in [2.75, 3.05) is 7.11 Å². The van der Waals surface area contributed by atoms with Crippen LogP contribution in [0.5, 0.6) is 0 Å². The van der Waals surface area contributed by atoms with E-state index in [0.29, 0.717) is 12.7 Å². The average molecular weight is 430 g/mol. The van der Waals surface area contributed by atoms with E-state index in [9.17, 15) is 31.2 Å². The number of sulfonamides is 1. The van der Waals surface area contributed by atoms with Crippen molar-refractivity contribution in [2.45, 2.75) is 23.2 Å². The zero-order valence-corrected chi connectivity index (χ0v) is 15.9. The molecule has 0 heterocycles. The Morgan fingerprint density at radius 3 is 1.97 bits per heavy atom. The number of nitrogens with one attached hydrogen (secondary N) is 2. The van der Waals surface area contributed by atoms with Gasteiger partial charge in [0.2, 0.25) is 15.9 Å². The van der Waals surface area contributed by atoms with Gasteiger partial charge in [0.05, 0.1) is 18.4 Å². The number of carbonyl (C=O) groups excluding carboxylic acids is 2. The van der Waals surface area contributed by atoms with Crippen LogP contribution in [0, 0.1) is 0 Å². The fourth-order valence-electron chi connectivity index (χ4n) is 2.41. The van der Waals surface area contributed by atoms with Crippen LogP contribution in [0.15, 0.2) is 65.6 Å². The van der Waals surface area contributed by atoms with Crippen LogP contribution in [0.4, 0.5) is 13.2 Å². The number of methoxy groups -OCH3 is 1. The molecule has 0 saturated carbocycles. The van der Waals surface area contributed by atoms with Crippen molar-refractivity contribution < 1.29 is 35.9 Å². The summed E-state index contributed by atoms with van der Waals surface area (Å²) >= 11 is 0. The van der Waals surface area contributed by atoms with Crippen molar-refractivity contribution in [2.24, 2.45) is 0 Å². The zero-order valence-electron chi connectivity index (χ0n) is 15.1. The van der Waals surface area contributed by atoms with Crippen LogP contribution in [0.1, 0.15) is 5.56 Å². The van der Waals surface area contributed by atoms with Crippen LogP contribution in [0.3, 0.4) is 0 Å². The number of benzene rings is 2. The maximum absolute atomic E-state index is 13.9. The maximum Gasteiger partial charge on any atom is 0.437 e. The van der Waals surface area contributed by atoms with Gasteiger partial charge in [-0.2, -0.15) is 17.9 Å². The third kappa shape index (κ3) is 5.12. The van der Waals surface area contributed by atoms with E-state index in [1.807, 2.05) is 0 Å². The number of halogens is 3. The number of esters is 1. The first kappa shape index (κ1) is 22.4. The molecule has 0 bridgehead atoms. The molecule has 2 aromatic carbocycles. The predicted molar refractivity (Wildman–Crippen MR) is 95.9 cm³/mol. The van der Waals surface area contributed by atoms with Crippen LogP contribution in [-0.4, -0.2) is 39.2 Å². The summed E-state index contributed by atoms with van der Waals surface area (Å²) in [7, 11) is -4.22. The Morgan fingerprint density at radius 2 is 1.48 bits per heavy atom. The molecule has 0 aliphatic rings. The van der Waals surface area contributed by atoms with Gasteiger partial charge in [0.1, 0.15) is 0 Å². The molecule has 0 saturated heterocycles. The van der Waals surface area contributed by atoms with Crippen LogP contribution < -0.4 is 10.0 Å². The Kier molecular flexibility index (Phi) is 6.65. The van der Waals surface area contributed by atoms with E-state index in [1.54, 1.807) is 18.2 Å². The maximum atomic E-state index is 13.9. The zero-order chi connectivity index (χ0) is 21.7.